The number of nitrogens with zero attached hydrogens (tertiary/aromatic N) is 4. The van der Waals surface area contributed by atoms with Crippen LogP contribution < -0.4 is 15.0 Å². The molecule has 1 amide bonds. The second-order valence-corrected chi connectivity index (χ2v) is 7.31. The predicted octanol–water partition coefficient (Wildman–Crippen LogP) is 2.79. The molecule has 4 rings (SSSR count). The Balaban J connectivity index is 1.78. The van der Waals surface area contributed by atoms with Crippen LogP contribution in [0.5, 0.6) is 11.6 Å². The van der Waals surface area contributed by atoms with Crippen LogP contribution in [0.2, 0.25) is 5.02 Å². The van der Waals surface area contributed by atoms with Crippen LogP contribution in [0.3, 0.4) is 0 Å². The number of nitrogens with one attached hydrogen (secondary N) is 2. The van der Waals surface area contributed by atoms with Gasteiger partial charge < -0.3 is 25.0 Å². The Morgan fingerprint density at radius 3 is 3.03 bits per heavy atom. The predicted molar refractivity (Wildman–Crippen MR) is 115 cm³/mol. The smallest absolute Gasteiger partial charge is 0.220 e. The largest absolute Gasteiger partial charge is 0.494 e. The van der Waals surface area contributed by atoms with Gasteiger partial charge in [-0.15, -0.1) is 0 Å². The van der Waals surface area contributed by atoms with Crippen LogP contribution in [0.1, 0.15) is 18.4 Å². The van der Waals surface area contributed by atoms with Crippen molar-refractivity contribution in [1.29, 1.82) is 0 Å². The van der Waals surface area contributed by atoms with Crippen molar-refractivity contribution in [1.82, 2.24) is 20.3 Å². The first-order chi connectivity index (χ1) is 14.5. The molecule has 10 heteroatoms. The summed E-state index contributed by atoms with van der Waals surface area (Å²) in [6, 6.07) is 5.16. The van der Waals surface area contributed by atoms with E-state index in [0.717, 1.165) is 0 Å². The summed E-state index contributed by atoms with van der Waals surface area (Å²) in [6.07, 6.45) is 3.90. The lowest BCUT2D eigenvalue weighted by molar-refractivity contribution is -0.121. The molecule has 0 atom stereocenters. The molecule has 0 unspecified atom stereocenters. The average molecular weight is 429 g/mol. The summed E-state index contributed by atoms with van der Waals surface area (Å²) in [7, 11) is 1.87. The maximum absolute atomic E-state index is 12.1. The number of rotatable bonds is 0. The number of aromatic nitrogens is 3. The van der Waals surface area contributed by atoms with Crippen molar-refractivity contribution in [3.63, 3.8) is 0 Å². The molecule has 3 aromatic rings. The molecular formula is C20H21ClN6O3. The number of carbonyl (C=O) groups excluding carboxylic acids is 1. The highest BCUT2D eigenvalue weighted by Gasteiger charge is 2.18. The fourth-order valence-electron chi connectivity index (χ4n) is 3.23. The minimum Gasteiger partial charge on any atom is -0.494 e. The van der Waals surface area contributed by atoms with Crippen LogP contribution in [-0.2, 0) is 4.79 Å². The number of benzene rings is 1. The zero-order valence-corrected chi connectivity index (χ0v) is 17.1. The van der Waals surface area contributed by atoms with Gasteiger partial charge in [-0.2, -0.15) is 0 Å². The van der Waals surface area contributed by atoms with Gasteiger partial charge >= 0.3 is 0 Å². The van der Waals surface area contributed by atoms with E-state index in [0.29, 0.717) is 71.4 Å². The van der Waals surface area contributed by atoms with Crippen LogP contribution in [0.4, 0.5) is 11.5 Å². The van der Waals surface area contributed by atoms with E-state index in [2.05, 4.69) is 25.3 Å². The van der Waals surface area contributed by atoms with E-state index in [1.165, 1.54) is 6.33 Å². The van der Waals surface area contributed by atoms with E-state index in [9.17, 15) is 9.90 Å². The maximum atomic E-state index is 12.1. The molecule has 0 saturated carbocycles. The SMILES string of the molecule is CN1CCNC(=O)CCCOc2cc(ccc2Cl)N=Cc2c(O)[nH]c3ncnc1c23. The van der Waals surface area contributed by atoms with Gasteiger partial charge in [0.1, 0.15) is 23.5 Å². The molecule has 9 nitrogen and oxygen atoms in total. The van der Waals surface area contributed by atoms with Crippen molar-refractivity contribution in [3.8, 4) is 11.6 Å². The molecule has 3 heterocycles. The molecule has 0 radical (unpaired) electrons. The Morgan fingerprint density at radius 2 is 2.17 bits per heavy atom. The van der Waals surface area contributed by atoms with Crippen LogP contribution in [0, 0.1) is 0 Å². The molecule has 30 heavy (non-hydrogen) atoms. The topological polar surface area (TPSA) is 116 Å². The van der Waals surface area contributed by atoms with Gasteiger partial charge in [0.05, 0.1) is 28.3 Å². The molecule has 156 valence electrons. The summed E-state index contributed by atoms with van der Waals surface area (Å²) in [6.45, 7) is 1.35. The number of aliphatic imine (C=N–C) groups is 1. The minimum absolute atomic E-state index is 0.0488. The number of hydrogen-bond donors (Lipinski definition) is 3. The number of fused-ring (bicyclic) bond motifs is 2. The maximum Gasteiger partial charge on any atom is 0.220 e. The third-order valence-corrected chi connectivity index (χ3v) is 5.09. The third-order valence-electron chi connectivity index (χ3n) is 4.78. The number of likely N-dealkylation sites (N-methyl/N-ethyl adjacent to an activating group) is 1. The van der Waals surface area contributed by atoms with Gasteiger partial charge in [0.25, 0.3) is 0 Å². The first-order valence-corrected chi connectivity index (χ1v) is 9.90. The zero-order valence-electron chi connectivity index (χ0n) is 16.4. The van der Waals surface area contributed by atoms with E-state index >= 15 is 0 Å². The highest BCUT2D eigenvalue weighted by atomic mass is 35.5. The Hall–Kier alpha value is -3.33. The lowest BCUT2D eigenvalue weighted by Gasteiger charge is -2.19. The third kappa shape index (κ3) is 4.16. The number of anilines is 1. The average Bonchev–Trinajstić information content (AvgIpc) is 3.05. The summed E-state index contributed by atoms with van der Waals surface area (Å²) < 4.78 is 5.72. The zero-order chi connectivity index (χ0) is 21.1. The van der Waals surface area contributed by atoms with Crippen LogP contribution in [0.25, 0.3) is 11.0 Å². The van der Waals surface area contributed by atoms with E-state index in [4.69, 9.17) is 16.3 Å². The highest BCUT2D eigenvalue weighted by Crippen LogP contribution is 2.33. The van der Waals surface area contributed by atoms with E-state index in [-0.39, 0.29) is 11.8 Å². The molecule has 3 N–H and O–H groups in total. The van der Waals surface area contributed by atoms with Gasteiger partial charge in [0.15, 0.2) is 5.88 Å². The Morgan fingerprint density at radius 1 is 1.30 bits per heavy atom. The van der Waals surface area contributed by atoms with E-state index in [1.54, 1.807) is 24.4 Å². The lowest BCUT2D eigenvalue weighted by atomic mass is 10.2. The quantitative estimate of drug-likeness (QED) is 0.507. The van der Waals surface area contributed by atoms with Crippen molar-refractivity contribution in [2.24, 2.45) is 4.99 Å². The Labute approximate surface area is 177 Å². The minimum atomic E-state index is -0.0550. The van der Waals surface area contributed by atoms with Gasteiger partial charge in [0.2, 0.25) is 5.91 Å². The Kier molecular flexibility index (Phi) is 5.71. The van der Waals surface area contributed by atoms with Crippen molar-refractivity contribution < 1.29 is 14.6 Å². The number of aromatic hydroxyl groups is 1. The number of halogens is 1. The van der Waals surface area contributed by atoms with E-state index in [1.807, 2.05) is 11.9 Å². The highest BCUT2D eigenvalue weighted by molar-refractivity contribution is 6.32. The van der Waals surface area contributed by atoms with Crippen LogP contribution >= 0.6 is 11.6 Å². The molecule has 2 aromatic heterocycles. The normalized spacial score (nSPS) is 15.5. The molecular weight excluding hydrogens is 408 g/mol. The standard InChI is InChI=1S/C20H21ClN6O3/c1-27-7-6-22-16(28)3-2-8-30-15-9-12(4-5-14(15)21)23-10-13-17-18(26-20(13)29)24-11-25-19(17)27/h4-5,9-11,29H,2-3,6-8H2,1H3,(H,22,28)(H,24,25,26). The van der Waals surface area contributed by atoms with Crippen LogP contribution in [0.15, 0.2) is 29.5 Å². The Bertz CT molecular complexity index is 1110. The number of amides is 1. The van der Waals surface area contributed by atoms with Gasteiger partial charge in [-0.3, -0.25) is 9.79 Å². The number of hydrogen-bond acceptors (Lipinski definition) is 7. The molecule has 0 aliphatic carbocycles. The number of H-pyrrole nitrogens is 1. The van der Waals surface area contributed by atoms with Gasteiger partial charge in [-0.1, -0.05) is 11.6 Å². The summed E-state index contributed by atoms with van der Waals surface area (Å²) in [4.78, 5) is 29.9. The molecule has 1 aliphatic heterocycles. The lowest BCUT2D eigenvalue weighted by Crippen LogP contribution is -2.33. The molecule has 0 fully saturated rings. The van der Waals surface area contributed by atoms with Crippen molar-refractivity contribution >= 4 is 46.3 Å². The summed E-state index contributed by atoms with van der Waals surface area (Å²) in [5.74, 6) is 1.01. The first-order valence-electron chi connectivity index (χ1n) is 9.53. The molecule has 1 aliphatic rings. The summed E-state index contributed by atoms with van der Waals surface area (Å²) in [5.41, 5.74) is 1.57. The van der Waals surface area contributed by atoms with Gasteiger partial charge in [0, 0.05) is 38.8 Å². The molecule has 0 spiro atoms. The van der Waals surface area contributed by atoms with Crippen molar-refractivity contribution in [3.05, 3.63) is 35.1 Å². The van der Waals surface area contributed by atoms with Crippen LogP contribution in [-0.4, -0.2) is 58.9 Å². The number of carbonyl (C=O) groups is 1. The molecule has 1 aromatic carbocycles. The van der Waals surface area contributed by atoms with Gasteiger partial charge in [-0.05, 0) is 18.6 Å². The summed E-state index contributed by atoms with van der Waals surface area (Å²) >= 11 is 6.21. The fraction of sp³-hybridized carbons (Fsp3) is 0.300. The summed E-state index contributed by atoms with van der Waals surface area (Å²) in [5, 5.41) is 14.4. The molecule has 2 bridgehead atoms. The fourth-order valence-corrected chi connectivity index (χ4v) is 3.40. The van der Waals surface area contributed by atoms with Crippen molar-refractivity contribution in [2.75, 3.05) is 31.6 Å². The first kappa shape index (κ1) is 20.0. The van der Waals surface area contributed by atoms with Gasteiger partial charge in [-0.25, -0.2) is 9.97 Å². The second kappa shape index (κ2) is 8.58. The second-order valence-electron chi connectivity index (χ2n) is 6.90. The monoisotopic (exact) mass is 428 g/mol. The number of aromatic amines is 1. The number of ether oxygens (including phenoxy) is 1. The van der Waals surface area contributed by atoms with Crippen molar-refractivity contribution in [2.45, 2.75) is 12.8 Å². The van der Waals surface area contributed by atoms with E-state index < -0.39 is 0 Å². The molecule has 0 saturated heterocycles.